The molecular formula is C28H46O4. The van der Waals surface area contributed by atoms with Gasteiger partial charge in [0.1, 0.15) is 0 Å². The highest BCUT2D eigenvalue weighted by molar-refractivity contribution is 6.03. The van der Waals surface area contributed by atoms with Crippen LogP contribution in [0, 0.1) is 0 Å². The van der Waals surface area contributed by atoms with Crippen molar-refractivity contribution in [1.29, 1.82) is 0 Å². The Kier molecular flexibility index (Phi) is 15.6. The van der Waals surface area contributed by atoms with Gasteiger partial charge in [-0.25, -0.2) is 9.59 Å². The number of unbranched alkanes of at least 4 members (excludes halogenated alkanes) is 11. The van der Waals surface area contributed by atoms with Crippen LogP contribution in [0.3, 0.4) is 0 Å². The summed E-state index contributed by atoms with van der Waals surface area (Å²) >= 11 is 0. The molecule has 0 saturated heterocycles. The van der Waals surface area contributed by atoms with E-state index in [1.54, 1.807) is 6.07 Å². The molecule has 0 heterocycles. The molecule has 4 nitrogen and oxygen atoms in total. The summed E-state index contributed by atoms with van der Waals surface area (Å²) in [5, 5.41) is 10.0. The first-order valence-corrected chi connectivity index (χ1v) is 13.1. The van der Waals surface area contributed by atoms with Crippen molar-refractivity contribution in [2.24, 2.45) is 0 Å². The number of carboxylic acids is 1. The van der Waals surface area contributed by atoms with Crippen molar-refractivity contribution in [3.8, 4) is 0 Å². The molecule has 0 bridgehead atoms. The van der Waals surface area contributed by atoms with Crippen molar-refractivity contribution in [3.05, 3.63) is 34.4 Å². The molecule has 32 heavy (non-hydrogen) atoms. The van der Waals surface area contributed by atoms with Crippen LogP contribution in [0.15, 0.2) is 12.1 Å². The van der Waals surface area contributed by atoms with Gasteiger partial charge < -0.3 is 9.84 Å². The average Bonchev–Trinajstić information content (AvgIpc) is 2.78. The van der Waals surface area contributed by atoms with Gasteiger partial charge in [0.05, 0.1) is 17.7 Å². The van der Waals surface area contributed by atoms with E-state index in [4.69, 9.17) is 4.74 Å². The van der Waals surface area contributed by atoms with Gasteiger partial charge in [-0.2, -0.15) is 0 Å². The predicted molar refractivity (Wildman–Crippen MR) is 133 cm³/mol. The molecule has 1 aromatic rings. The van der Waals surface area contributed by atoms with Crippen molar-refractivity contribution in [1.82, 2.24) is 0 Å². The Balaban J connectivity index is 2.98. The Labute approximate surface area is 196 Å². The molecular weight excluding hydrogens is 400 g/mol. The number of ether oxygens (including phenoxy) is 1. The van der Waals surface area contributed by atoms with Gasteiger partial charge in [-0.3, -0.25) is 0 Å². The van der Waals surface area contributed by atoms with Crippen molar-refractivity contribution in [3.63, 3.8) is 0 Å². The molecule has 0 fully saturated rings. The molecule has 0 unspecified atom stereocenters. The summed E-state index contributed by atoms with van der Waals surface area (Å²) in [4.78, 5) is 24.9. The molecule has 0 saturated carbocycles. The third-order valence-corrected chi connectivity index (χ3v) is 6.15. The summed E-state index contributed by atoms with van der Waals surface area (Å²) in [7, 11) is 0. The molecule has 4 heteroatoms. The van der Waals surface area contributed by atoms with Crippen LogP contribution in [0.4, 0.5) is 0 Å². The number of rotatable bonds is 19. The SMILES string of the molecule is CCCCCCCCc1ccc(C(=O)OCCCC)c(C(=O)O)c1CCCCCCCC. The summed E-state index contributed by atoms with van der Waals surface area (Å²) in [6, 6.07) is 3.65. The molecule has 1 aromatic carbocycles. The Hall–Kier alpha value is -1.84. The van der Waals surface area contributed by atoms with Crippen molar-refractivity contribution >= 4 is 11.9 Å². The van der Waals surface area contributed by atoms with Crippen molar-refractivity contribution < 1.29 is 19.4 Å². The summed E-state index contributed by atoms with van der Waals surface area (Å²) in [6.07, 6.45) is 17.5. The molecule has 0 amide bonds. The molecule has 1 N–H and O–H groups in total. The Bertz CT molecular complexity index is 666. The standard InChI is InChI=1S/C28H46O4/c1-4-7-10-12-14-16-18-23-20-21-25(28(31)32-22-9-6-3)26(27(29)30)24(23)19-17-15-13-11-8-5-2/h20-21H,4-19,22H2,1-3H3,(H,29,30). The largest absolute Gasteiger partial charge is 0.478 e. The second-order valence-corrected chi connectivity index (χ2v) is 8.96. The highest BCUT2D eigenvalue weighted by Gasteiger charge is 2.23. The first-order valence-electron chi connectivity index (χ1n) is 13.1. The summed E-state index contributed by atoms with van der Waals surface area (Å²) in [6.45, 7) is 6.79. The van der Waals surface area contributed by atoms with E-state index < -0.39 is 11.9 Å². The van der Waals surface area contributed by atoms with E-state index in [2.05, 4.69) is 13.8 Å². The van der Waals surface area contributed by atoms with Crippen LogP contribution in [0.2, 0.25) is 0 Å². The van der Waals surface area contributed by atoms with Gasteiger partial charge in [0.2, 0.25) is 0 Å². The fourth-order valence-electron chi connectivity index (χ4n) is 4.19. The molecule has 0 atom stereocenters. The van der Waals surface area contributed by atoms with Crippen LogP contribution in [-0.2, 0) is 17.6 Å². The highest BCUT2D eigenvalue weighted by atomic mass is 16.5. The van der Waals surface area contributed by atoms with E-state index >= 15 is 0 Å². The van der Waals surface area contributed by atoms with Crippen LogP contribution in [0.25, 0.3) is 0 Å². The van der Waals surface area contributed by atoms with E-state index in [-0.39, 0.29) is 11.1 Å². The van der Waals surface area contributed by atoms with E-state index in [0.29, 0.717) is 6.61 Å². The normalized spacial score (nSPS) is 11.0. The predicted octanol–water partition coefficient (Wildman–Crippen LogP) is 8.15. The summed E-state index contributed by atoms with van der Waals surface area (Å²) in [5.74, 6) is -1.52. The van der Waals surface area contributed by atoms with E-state index in [1.165, 1.54) is 57.8 Å². The smallest absolute Gasteiger partial charge is 0.339 e. The first kappa shape index (κ1) is 28.2. The monoisotopic (exact) mass is 446 g/mol. The van der Waals surface area contributed by atoms with E-state index in [0.717, 1.165) is 56.1 Å². The number of esters is 1. The van der Waals surface area contributed by atoms with Crippen LogP contribution < -0.4 is 0 Å². The number of aromatic carboxylic acids is 1. The lowest BCUT2D eigenvalue weighted by Gasteiger charge is -2.16. The van der Waals surface area contributed by atoms with Gasteiger partial charge in [-0.1, -0.05) is 97.5 Å². The van der Waals surface area contributed by atoms with E-state index in [9.17, 15) is 14.7 Å². The molecule has 0 spiro atoms. The fourth-order valence-corrected chi connectivity index (χ4v) is 4.19. The average molecular weight is 447 g/mol. The zero-order valence-electron chi connectivity index (χ0n) is 20.8. The van der Waals surface area contributed by atoms with Crippen LogP contribution in [0.5, 0.6) is 0 Å². The van der Waals surface area contributed by atoms with Crippen molar-refractivity contribution in [2.75, 3.05) is 6.61 Å². The molecule has 1 rings (SSSR count). The van der Waals surface area contributed by atoms with Crippen LogP contribution >= 0.6 is 0 Å². The summed E-state index contributed by atoms with van der Waals surface area (Å²) in [5.41, 5.74) is 2.33. The number of hydrogen-bond donors (Lipinski definition) is 1. The lowest BCUT2D eigenvalue weighted by molar-refractivity contribution is 0.0489. The first-order chi connectivity index (χ1) is 15.6. The number of carbonyl (C=O) groups excluding carboxylic acids is 1. The quantitative estimate of drug-likeness (QED) is 0.172. The van der Waals surface area contributed by atoms with E-state index in [1.807, 2.05) is 13.0 Å². The Morgan fingerprint density at radius 1 is 0.719 bits per heavy atom. The topological polar surface area (TPSA) is 63.6 Å². The zero-order valence-corrected chi connectivity index (χ0v) is 20.8. The van der Waals surface area contributed by atoms with Gasteiger partial charge in [-0.15, -0.1) is 0 Å². The lowest BCUT2D eigenvalue weighted by Crippen LogP contribution is -2.16. The maximum atomic E-state index is 12.6. The molecule has 0 aliphatic heterocycles. The Morgan fingerprint density at radius 2 is 1.25 bits per heavy atom. The number of carboxylic acid groups (broad SMARTS) is 1. The Morgan fingerprint density at radius 3 is 1.81 bits per heavy atom. The van der Waals surface area contributed by atoms with Crippen LogP contribution in [0.1, 0.15) is 143 Å². The minimum atomic E-state index is -1.02. The zero-order chi connectivity index (χ0) is 23.6. The number of aryl methyl sites for hydroxylation is 1. The minimum Gasteiger partial charge on any atom is -0.478 e. The maximum absolute atomic E-state index is 12.6. The van der Waals surface area contributed by atoms with Gasteiger partial charge in [-0.05, 0) is 49.3 Å². The molecule has 182 valence electrons. The number of hydrogen-bond acceptors (Lipinski definition) is 3. The van der Waals surface area contributed by atoms with Gasteiger partial charge in [0.15, 0.2) is 0 Å². The second kappa shape index (κ2) is 17.7. The minimum absolute atomic E-state index is 0.170. The highest BCUT2D eigenvalue weighted by Crippen LogP contribution is 2.25. The molecule has 0 aromatic heterocycles. The maximum Gasteiger partial charge on any atom is 0.339 e. The number of benzene rings is 1. The van der Waals surface area contributed by atoms with Gasteiger partial charge >= 0.3 is 11.9 Å². The van der Waals surface area contributed by atoms with Crippen LogP contribution in [-0.4, -0.2) is 23.7 Å². The molecule has 0 aliphatic carbocycles. The summed E-state index contributed by atoms with van der Waals surface area (Å²) < 4.78 is 5.36. The fraction of sp³-hybridized carbons (Fsp3) is 0.714. The van der Waals surface area contributed by atoms with Gasteiger partial charge in [0.25, 0.3) is 0 Å². The number of carbonyl (C=O) groups is 2. The molecule has 0 aliphatic rings. The van der Waals surface area contributed by atoms with Crippen molar-refractivity contribution in [2.45, 2.75) is 124 Å². The second-order valence-electron chi connectivity index (χ2n) is 8.96. The lowest BCUT2D eigenvalue weighted by atomic mass is 9.89. The molecule has 0 radical (unpaired) electrons. The third-order valence-electron chi connectivity index (χ3n) is 6.15. The van der Waals surface area contributed by atoms with Gasteiger partial charge in [0, 0.05) is 0 Å². The third kappa shape index (κ3) is 10.7.